The molecule has 0 spiro atoms. The van der Waals surface area contributed by atoms with Crippen LogP contribution in [0.5, 0.6) is 11.5 Å². The molecule has 0 unspecified atom stereocenters. The highest BCUT2D eigenvalue weighted by Gasteiger charge is 2.31. The van der Waals surface area contributed by atoms with Crippen molar-refractivity contribution in [3.05, 3.63) is 47.5 Å². The molecule has 2 rings (SSSR count). The Morgan fingerprint density at radius 1 is 1.17 bits per heavy atom. The van der Waals surface area contributed by atoms with Gasteiger partial charge < -0.3 is 14.8 Å². The van der Waals surface area contributed by atoms with Crippen molar-refractivity contribution in [1.29, 1.82) is 0 Å². The van der Waals surface area contributed by atoms with Crippen molar-refractivity contribution in [2.24, 2.45) is 0 Å². The Morgan fingerprint density at radius 2 is 1.77 bits per heavy atom. The first kappa shape index (κ1) is 23.6. The molecule has 0 aliphatic heterocycles. The summed E-state index contributed by atoms with van der Waals surface area (Å²) in [6, 6.07) is 7.46. The zero-order valence-corrected chi connectivity index (χ0v) is 17.6. The minimum atomic E-state index is -4.84. The molecular formula is C18H18ClF3N2O5S. The summed E-state index contributed by atoms with van der Waals surface area (Å²) >= 11 is 6.06. The second-order valence-electron chi connectivity index (χ2n) is 6.12. The van der Waals surface area contributed by atoms with E-state index in [1.165, 1.54) is 44.4 Å². The summed E-state index contributed by atoms with van der Waals surface area (Å²) < 4.78 is 71.0. The van der Waals surface area contributed by atoms with E-state index in [9.17, 15) is 26.4 Å². The van der Waals surface area contributed by atoms with Crippen molar-refractivity contribution < 1.29 is 35.9 Å². The molecule has 0 radical (unpaired) electrons. The van der Waals surface area contributed by atoms with Gasteiger partial charge in [-0.15, -0.1) is 13.2 Å². The Bertz CT molecular complexity index is 1010. The van der Waals surface area contributed by atoms with Crippen molar-refractivity contribution in [2.75, 3.05) is 23.0 Å². The van der Waals surface area contributed by atoms with E-state index in [0.29, 0.717) is 5.75 Å². The lowest BCUT2D eigenvalue weighted by Gasteiger charge is -2.28. The van der Waals surface area contributed by atoms with Crippen LogP contribution in [0.3, 0.4) is 0 Å². The minimum absolute atomic E-state index is 0.139. The van der Waals surface area contributed by atoms with Crippen molar-refractivity contribution in [3.8, 4) is 11.5 Å². The Morgan fingerprint density at radius 3 is 2.23 bits per heavy atom. The van der Waals surface area contributed by atoms with E-state index in [1.807, 2.05) is 0 Å². The van der Waals surface area contributed by atoms with Gasteiger partial charge in [-0.05, 0) is 49.4 Å². The first-order chi connectivity index (χ1) is 13.8. The van der Waals surface area contributed by atoms with E-state index >= 15 is 0 Å². The average Bonchev–Trinajstić information content (AvgIpc) is 2.61. The molecule has 12 heteroatoms. The van der Waals surface area contributed by atoms with Gasteiger partial charge in [-0.25, -0.2) is 8.42 Å². The van der Waals surface area contributed by atoms with Crippen molar-refractivity contribution >= 4 is 38.9 Å². The van der Waals surface area contributed by atoms with Crippen LogP contribution in [-0.4, -0.2) is 40.1 Å². The van der Waals surface area contributed by atoms with Gasteiger partial charge in [-0.2, -0.15) is 0 Å². The number of halogens is 4. The molecule has 0 bridgehead atoms. The van der Waals surface area contributed by atoms with E-state index in [4.69, 9.17) is 16.3 Å². The normalized spacial score (nSPS) is 12.8. The second-order valence-corrected chi connectivity index (χ2v) is 8.38. The number of methoxy groups -OCH3 is 1. The van der Waals surface area contributed by atoms with E-state index in [2.05, 4.69) is 10.1 Å². The van der Waals surface area contributed by atoms with Crippen molar-refractivity contribution in [3.63, 3.8) is 0 Å². The van der Waals surface area contributed by atoms with Gasteiger partial charge in [0.25, 0.3) is 0 Å². The van der Waals surface area contributed by atoms with Crippen LogP contribution in [0, 0.1) is 0 Å². The molecule has 0 aromatic heterocycles. The highest BCUT2D eigenvalue weighted by Crippen LogP contribution is 2.31. The molecule has 0 aliphatic carbocycles. The van der Waals surface area contributed by atoms with Crippen LogP contribution < -0.4 is 19.1 Å². The molecule has 1 N–H and O–H groups in total. The number of amides is 1. The standard InChI is InChI=1S/C18H18ClF3N2O5S/c1-11(17(25)23-12-4-7-14(8-5-12)29-18(20,21)22)24(30(3,26)27)13-6-9-16(28-2)15(19)10-13/h4-11H,1-3H3,(H,23,25)/t11-/m0/s1. The fourth-order valence-corrected chi connectivity index (χ4v) is 4.01. The van der Waals surface area contributed by atoms with Gasteiger partial charge in [-0.1, -0.05) is 11.6 Å². The van der Waals surface area contributed by atoms with Gasteiger partial charge in [0.2, 0.25) is 15.9 Å². The minimum Gasteiger partial charge on any atom is -0.495 e. The maximum atomic E-state index is 12.6. The zero-order chi connectivity index (χ0) is 22.7. The topological polar surface area (TPSA) is 84.9 Å². The number of benzene rings is 2. The number of ether oxygens (including phenoxy) is 2. The van der Waals surface area contributed by atoms with E-state index in [0.717, 1.165) is 22.7 Å². The number of hydrogen-bond donors (Lipinski definition) is 1. The van der Waals surface area contributed by atoms with E-state index in [1.54, 1.807) is 0 Å². The molecule has 7 nitrogen and oxygen atoms in total. The molecule has 2 aromatic rings. The van der Waals surface area contributed by atoms with Gasteiger partial charge in [0.05, 0.1) is 24.1 Å². The molecule has 0 heterocycles. The third-order valence-corrected chi connectivity index (χ3v) is 5.37. The molecular weight excluding hydrogens is 449 g/mol. The van der Waals surface area contributed by atoms with Gasteiger partial charge in [0.1, 0.15) is 17.5 Å². The van der Waals surface area contributed by atoms with Crippen LogP contribution in [0.2, 0.25) is 5.02 Å². The van der Waals surface area contributed by atoms with Crippen LogP contribution in [0.25, 0.3) is 0 Å². The van der Waals surface area contributed by atoms with Crippen LogP contribution in [0.4, 0.5) is 24.5 Å². The lowest BCUT2D eigenvalue weighted by Crippen LogP contribution is -2.45. The Hall–Kier alpha value is -2.66. The molecule has 1 atom stereocenters. The van der Waals surface area contributed by atoms with Gasteiger partial charge in [-0.3, -0.25) is 9.10 Å². The smallest absolute Gasteiger partial charge is 0.495 e. The number of sulfonamides is 1. The summed E-state index contributed by atoms with van der Waals surface area (Å²) in [7, 11) is -2.49. The quantitative estimate of drug-likeness (QED) is 0.665. The summed E-state index contributed by atoms with van der Waals surface area (Å²) in [5, 5.41) is 2.60. The van der Waals surface area contributed by atoms with E-state index < -0.39 is 34.1 Å². The third-order valence-electron chi connectivity index (χ3n) is 3.83. The van der Waals surface area contributed by atoms with Crippen LogP contribution in [-0.2, 0) is 14.8 Å². The van der Waals surface area contributed by atoms with Crippen LogP contribution in [0.1, 0.15) is 6.92 Å². The zero-order valence-electron chi connectivity index (χ0n) is 16.0. The lowest BCUT2D eigenvalue weighted by atomic mass is 10.2. The number of nitrogens with one attached hydrogen (secondary N) is 1. The average molecular weight is 467 g/mol. The fraction of sp³-hybridized carbons (Fsp3) is 0.278. The molecule has 1 amide bonds. The predicted octanol–water partition coefficient (Wildman–Crippen LogP) is 4.04. The summed E-state index contributed by atoms with van der Waals surface area (Å²) in [6.45, 7) is 1.36. The summed E-state index contributed by atoms with van der Waals surface area (Å²) in [5.74, 6) is -0.844. The summed E-state index contributed by atoms with van der Waals surface area (Å²) in [4.78, 5) is 12.6. The predicted molar refractivity (Wildman–Crippen MR) is 107 cm³/mol. The van der Waals surface area contributed by atoms with E-state index in [-0.39, 0.29) is 16.4 Å². The summed E-state index contributed by atoms with van der Waals surface area (Å²) in [5.41, 5.74) is 0.294. The molecule has 0 saturated heterocycles. The largest absolute Gasteiger partial charge is 0.573 e. The SMILES string of the molecule is COc1ccc(N([C@@H](C)C(=O)Nc2ccc(OC(F)(F)F)cc2)S(C)(=O)=O)cc1Cl. The number of carbonyl (C=O) groups is 1. The monoisotopic (exact) mass is 466 g/mol. The number of hydrogen-bond acceptors (Lipinski definition) is 5. The first-order valence-corrected chi connectivity index (χ1v) is 10.5. The Labute approximate surface area is 176 Å². The molecule has 2 aromatic carbocycles. The van der Waals surface area contributed by atoms with Crippen LogP contribution in [0.15, 0.2) is 42.5 Å². The maximum Gasteiger partial charge on any atom is 0.573 e. The highest BCUT2D eigenvalue weighted by molar-refractivity contribution is 7.92. The lowest BCUT2D eigenvalue weighted by molar-refractivity contribution is -0.274. The van der Waals surface area contributed by atoms with Gasteiger partial charge >= 0.3 is 6.36 Å². The van der Waals surface area contributed by atoms with Crippen LogP contribution >= 0.6 is 11.6 Å². The summed E-state index contributed by atoms with van der Waals surface area (Å²) in [6.07, 6.45) is -3.91. The number of carbonyl (C=O) groups excluding carboxylic acids is 1. The van der Waals surface area contributed by atoms with Gasteiger partial charge in [0, 0.05) is 5.69 Å². The number of alkyl halides is 3. The fourth-order valence-electron chi connectivity index (χ4n) is 2.59. The third kappa shape index (κ3) is 6.17. The molecule has 0 aliphatic rings. The second kappa shape index (κ2) is 9.00. The highest BCUT2D eigenvalue weighted by atomic mass is 35.5. The Kier molecular flexibility index (Phi) is 7.09. The number of rotatable bonds is 7. The molecule has 164 valence electrons. The van der Waals surface area contributed by atoms with Crippen molar-refractivity contribution in [2.45, 2.75) is 19.3 Å². The van der Waals surface area contributed by atoms with Gasteiger partial charge in [0.15, 0.2) is 0 Å². The van der Waals surface area contributed by atoms with Crippen molar-refractivity contribution in [1.82, 2.24) is 0 Å². The number of nitrogens with zero attached hydrogens (tertiary/aromatic N) is 1. The maximum absolute atomic E-state index is 12.6. The molecule has 0 saturated carbocycles. The number of anilines is 2. The molecule has 0 fully saturated rings. The molecule has 30 heavy (non-hydrogen) atoms. The first-order valence-electron chi connectivity index (χ1n) is 8.31. The Balaban J connectivity index is 2.23.